The zero-order valence-corrected chi connectivity index (χ0v) is 7.83. The minimum absolute atomic E-state index is 0.0812. The van der Waals surface area contributed by atoms with Gasteiger partial charge in [-0.1, -0.05) is 0 Å². The summed E-state index contributed by atoms with van der Waals surface area (Å²) in [5.74, 6) is -0.725. The van der Waals surface area contributed by atoms with Crippen LogP contribution in [0, 0.1) is 0 Å². The Kier molecular flexibility index (Phi) is 3.47. The third-order valence-electron chi connectivity index (χ3n) is 1.65. The third kappa shape index (κ3) is 2.02. The fourth-order valence-corrected chi connectivity index (χ4v) is 1.06. The van der Waals surface area contributed by atoms with E-state index in [1.54, 1.807) is 6.92 Å². The highest BCUT2D eigenvalue weighted by molar-refractivity contribution is 5.87. The van der Waals surface area contributed by atoms with Gasteiger partial charge < -0.3 is 15.0 Å². The van der Waals surface area contributed by atoms with Crippen molar-refractivity contribution < 1.29 is 14.1 Å². The van der Waals surface area contributed by atoms with E-state index in [0.29, 0.717) is 6.42 Å². The Bertz CT molecular complexity index is 366. The molecular formula is C8H12N2O4. The van der Waals surface area contributed by atoms with E-state index in [1.807, 2.05) is 0 Å². The lowest BCUT2D eigenvalue weighted by atomic mass is 10.2. The van der Waals surface area contributed by atoms with Crippen LogP contribution in [0.15, 0.2) is 9.32 Å². The number of rotatable bonds is 4. The second kappa shape index (κ2) is 4.61. The van der Waals surface area contributed by atoms with E-state index in [9.17, 15) is 9.59 Å². The number of esters is 1. The van der Waals surface area contributed by atoms with Crippen molar-refractivity contribution in [1.29, 1.82) is 0 Å². The fraction of sp³-hybridized carbons (Fsp3) is 0.500. The highest BCUT2D eigenvalue weighted by Gasteiger charge is 2.20. The van der Waals surface area contributed by atoms with Crippen molar-refractivity contribution in [2.45, 2.75) is 13.3 Å². The van der Waals surface area contributed by atoms with Gasteiger partial charge in [-0.2, -0.15) is 5.16 Å². The second-order valence-corrected chi connectivity index (χ2v) is 2.60. The van der Waals surface area contributed by atoms with Gasteiger partial charge in [0.2, 0.25) is 5.76 Å². The molecule has 0 aliphatic rings. The largest absolute Gasteiger partial charge is 0.460 e. The molecule has 0 aliphatic heterocycles. The Morgan fingerprint density at radius 1 is 1.64 bits per heavy atom. The second-order valence-electron chi connectivity index (χ2n) is 2.60. The first-order chi connectivity index (χ1) is 6.70. The van der Waals surface area contributed by atoms with E-state index in [2.05, 4.69) is 5.16 Å². The summed E-state index contributed by atoms with van der Waals surface area (Å²) in [6.45, 7) is 2.18. The first-order valence-electron chi connectivity index (χ1n) is 4.28. The van der Waals surface area contributed by atoms with Crippen molar-refractivity contribution in [3.05, 3.63) is 21.7 Å². The van der Waals surface area contributed by atoms with Gasteiger partial charge in [0.05, 0.1) is 12.2 Å². The van der Waals surface area contributed by atoms with Crippen LogP contribution in [-0.2, 0) is 11.2 Å². The highest BCUT2D eigenvalue weighted by Crippen LogP contribution is 2.05. The standard InChI is InChI=1S/C8H12N2O4/c1-2-13-8(12)6-5(3-4-9)7(11)10-14-6/h2-4,9H2,1H3,(H,10,11). The first-order valence-corrected chi connectivity index (χ1v) is 4.28. The minimum atomic E-state index is -0.644. The average molecular weight is 200 g/mol. The van der Waals surface area contributed by atoms with Crippen molar-refractivity contribution in [2.24, 2.45) is 5.73 Å². The molecule has 1 rings (SSSR count). The topological polar surface area (TPSA) is 98.3 Å². The van der Waals surface area contributed by atoms with Crippen molar-refractivity contribution in [3.63, 3.8) is 0 Å². The molecule has 6 heteroatoms. The number of carbonyl (C=O) groups excluding carboxylic acids is 1. The monoisotopic (exact) mass is 200 g/mol. The van der Waals surface area contributed by atoms with Gasteiger partial charge >= 0.3 is 5.97 Å². The molecule has 0 saturated carbocycles. The van der Waals surface area contributed by atoms with Crippen molar-refractivity contribution in [1.82, 2.24) is 5.16 Å². The SMILES string of the molecule is CCOC(=O)c1o[nH]c(=O)c1CCN. The molecule has 0 amide bonds. The lowest BCUT2D eigenvalue weighted by Gasteiger charge is -1.98. The predicted molar refractivity (Wildman–Crippen MR) is 48.0 cm³/mol. The maximum Gasteiger partial charge on any atom is 0.377 e. The molecular weight excluding hydrogens is 188 g/mol. The van der Waals surface area contributed by atoms with E-state index in [0.717, 1.165) is 0 Å². The summed E-state index contributed by atoms with van der Waals surface area (Å²) in [5.41, 5.74) is 5.09. The van der Waals surface area contributed by atoms with Crippen LogP contribution in [-0.4, -0.2) is 24.3 Å². The molecule has 0 fully saturated rings. The summed E-state index contributed by atoms with van der Waals surface area (Å²) in [6.07, 6.45) is 0.292. The lowest BCUT2D eigenvalue weighted by molar-refractivity contribution is 0.0478. The molecule has 0 unspecified atom stereocenters. The maximum atomic E-state index is 11.2. The number of aromatic nitrogens is 1. The van der Waals surface area contributed by atoms with Crippen LogP contribution in [0.2, 0.25) is 0 Å². The molecule has 0 atom stereocenters. The quantitative estimate of drug-likeness (QED) is 0.647. The number of hydrogen-bond acceptors (Lipinski definition) is 5. The Balaban J connectivity index is 2.96. The van der Waals surface area contributed by atoms with E-state index >= 15 is 0 Å². The van der Waals surface area contributed by atoms with Gasteiger partial charge in [-0.05, 0) is 19.9 Å². The lowest BCUT2D eigenvalue weighted by Crippen LogP contribution is -2.15. The first kappa shape index (κ1) is 10.5. The van der Waals surface area contributed by atoms with E-state index in [4.69, 9.17) is 15.0 Å². The normalized spacial score (nSPS) is 10.1. The Morgan fingerprint density at radius 2 is 2.36 bits per heavy atom. The molecule has 1 aromatic heterocycles. The molecule has 0 aromatic carbocycles. The number of carbonyl (C=O) groups is 1. The Morgan fingerprint density at radius 3 is 2.93 bits per heavy atom. The van der Waals surface area contributed by atoms with Gasteiger partial charge in [0.1, 0.15) is 0 Å². The molecule has 1 heterocycles. The van der Waals surface area contributed by atoms with E-state index < -0.39 is 11.5 Å². The van der Waals surface area contributed by atoms with Crippen LogP contribution in [0.1, 0.15) is 23.0 Å². The fourth-order valence-electron chi connectivity index (χ4n) is 1.06. The summed E-state index contributed by atoms with van der Waals surface area (Å²) in [7, 11) is 0. The van der Waals surface area contributed by atoms with Crippen molar-refractivity contribution >= 4 is 5.97 Å². The molecule has 78 valence electrons. The smallest absolute Gasteiger partial charge is 0.377 e. The van der Waals surface area contributed by atoms with Crippen LogP contribution >= 0.6 is 0 Å². The average Bonchev–Trinajstić information content (AvgIpc) is 2.50. The number of ether oxygens (including phenoxy) is 1. The maximum absolute atomic E-state index is 11.2. The number of nitrogens with one attached hydrogen (secondary N) is 1. The van der Waals surface area contributed by atoms with E-state index in [-0.39, 0.29) is 24.5 Å². The van der Waals surface area contributed by atoms with Gasteiger partial charge in [-0.25, -0.2) is 4.79 Å². The van der Waals surface area contributed by atoms with Crippen LogP contribution in [0.5, 0.6) is 0 Å². The van der Waals surface area contributed by atoms with Gasteiger partial charge in [-0.15, -0.1) is 0 Å². The van der Waals surface area contributed by atoms with E-state index in [1.165, 1.54) is 0 Å². The zero-order valence-electron chi connectivity index (χ0n) is 7.83. The summed E-state index contributed by atoms with van der Waals surface area (Å²) >= 11 is 0. The van der Waals surface area contributed by atoms with Crippen LogP contribution in [0.25, 0.3) is 0 Å². The Labute approximate surface area is 80.0 Å². The molecule has 0 radical (unpaired) electrons. The Hall–Kier alpha value is -1.56. The molecule has 6 nitrogen and oxygen atoms in total. The van der Waals surface area contributed by atoms with Gasteiger partial charge in [0.25, 0.3) is 5.56 Å². The molecule has 14 heavy (non-hydrogen) atoms. The summed E-state index contributed by atoms with van der Waals surface area (Å²) in [6, 6.07) is 0. The van der Waals surface area contributed by atoms with Crippen LogP contribution in [0.3, 0.4) is 0 Å². The molecule has 1 aromatic rings. The summed E-state index contributed by atoms with van der Waals surface area (Å²) in [4.78, 5) is 22.4. The highest BCUT2D eigenvalue weighted by atomic mass is 16.6. The molecule has 3 N–H and O–H groups in total. The number of H-pyrrole nitrogens is 1. The molecule has 0 aliphatic carbocycles. The van der Waals surface area contributed by atoms with Gasteiger partial charge in [0, 0.05) is 0 Å². The zero-order chi connectivity index (χ0) is 10.6. The van der Waals surface area contributed by atoms with Crippen molar-refractivity contribution in [3.8, 4) is 0 Å². The third-order valence-corrected chi connectivity index (χ3v) is 1.65. The van der Waals surface area contributed by atoms with Gasteiger partial charge in [0.15, 0.2) is 0 Å². The van der Waals surface area contributed by atoms with Crippen LogP contribution in [0.4, 0.5) is 0 Å². The van der Waals surface area contributed by atoms with Gasteiger partial charge in [-0.3, -0.25) is 4.79 Å². The minimum Gasteiger partial charge on any atom is -0.460 e. The molecule has 0 spiro atoms. The molecule has 0 saturated heterocycles. The summed E-state index contributed by atoms with van der Waals surface area (Å²) in [5, 5.41) is 2.07. The predicted octanol–water partition coefficient (Wildman–Crippen LogP) is -0.354. The van der Waals surface area contributed by atoms with Crippen molar-refractivity contribution in [2.75, 3.05) is 13.2 Å². The summed E-state index contributed by atoms with van der Waals surface area (Å²) < 4.78 is 9.39. The number of nitrogens with two attached hydrogens (primary N) is 1. The van der Waals surface area contributed by atoms with Crippen LogP contribution < -0.4 is 11.3 Å². The number of hydrogen-bond donors (Lipinski definition) is 2. The number of aromatic amines is 1. The molecule has 0 bridgehead atoms.